The highest BCUT2D eigenvalue weighted by Crippen LogP contribution is 2.32. The van der Waals surface area contributed by atoms with E-state index in [1.165, 1.54) is 32.0 Å². The molecule has 12 heteroatoms. The van der Waals surface area contributed by atoms with Crippen molar-refractivity contribution in [1.82, 2.24) is 25.1 Å². The summed E-state index contributed by atoms with van der Waals surface area (Å²) in [5.74, 6) is -0.272. The Morgan fingerprint density at radius 1 is 1.10 bits per heavy atom. The van der Waals surface area contributed by atoms with E-state index >= 15 is 0 Å². The van der Waals surface area contributed by atoms with Gasteiger partial charge in [-0.05, 0) is 41.3 Å². The van der Waals surface area contributed by atoms with Gasteiger partial charge in [-0.15, -0.1) is 0 Å². The topological polar surface area (TPSA) is 85.4 Å². The third-order valence-electron chi connectivity index (χ3n) is 6.94. The van der Waals surface area contributed by atoms with Gasteiger partial charge in [0.05, 0.1) is 25.8 Å². The van der Waals surface area contributed by atoms with Crippen LogP contribution >= 0.6 is 0 Å². The van der Waals surface area contributed by atoms with Crippen molar-refractivity contribution in [2.24, 2.45) is 5.92 Å². The fraction of sp³-hybridized carbons (Fsp3) is 0.444. The van der Waals surface area contributed by atoms with Gasteiger partial charge in [-0.1, -0.05) is 38.1 Å². The molecule has 0 unspecified atom stereocenters. The van der Waals surface area contributed by atoms with Crippen molar-refractivity contribution in [2.75, 3.05) is 27.2 Å². The average Bonchev–Trinajstić information content (AvgIpc) is 2.88. The van der Waals surface area contributed by atoms with E-state index in [1.807, 2.05) is 12.1 Å². The fourth-order valence-electron chi connectivity index (χ4n) is 5.07. The molecule has 4 amide bonds. The molecule has 2 aromatic carbocycles. The van der Waals surface area contributed by atoms with Crippen molar-refractivity contribution < 1.29 is 32.3 Å². The summed E-state index contributed by atoms with van der Waals surface area (Å²) in [4.78, 5) is 43.0. The van der Waals surface area contributed by atoms with Gasteiger partial charge in [0.15, 0.2) is 0 Å². The van der Waals surface area contributed by atoms with Crippen molar-refractivity contribution in [2.45, 2.75) is 45.3 Å². The first kappa shape index (κ1) is 28.2. The Bertz CT molecular complexity index is 1220. The van der Waals surface area contributed by atoms with E-state index in [0.29, 0.717) is 11.3 Å². The number of carbonyl (C=O) groups excluding carboxylic acids is 3. The van der Waals surface area contributed by atoms with Crippen LogP contribution in [0.2, 0.25) is 0 Å². The smallest absolute Gasteiger partial charge is 0.416 e. The number of nitrogens with one attached hydrogen (secondary N) is 1. The molecule has 2 fully saturated rings. The number of hydrogen-bond acceptors (Lipinski definition) is 5. The van der Waals surface area contributed by atoms with Crippen LogP contribution in [0.4, 0.5) is 18.0 Å². The van der Waals surface area contributed by atoms with Crippen molar-refractivity contribution in [3.8, 4) is 5.75 Å². The van der Waals surface area contributed by atoms with Crippen LogP contribution in [0.3, 0.4) is 0 Å². The normalized spacial score (nSPS) is 20.4. The first-order valence-corrected chi connectivity index (χ1v) is 12.6. The Kier molecular flexibility index (Phi) is 8.05. The van der Waals surface area contributed by atoms with E-state index < -0.39 is 30.0 Å². The van der Waals surface area contributed by atoms with Gasteiger partial charge >= 0.3 is 12.2 Å². The lowest BCUT2D eigenvalue weighted by Crippen LogP contribution is -2.76. The maximum atomic E-state index is 13.5. The highest BCUT2D eigenvalue weighted by Gasteiger charge is 2.51. The van der Waals surface area contributed by atoms with Crippen molar-refractivity contribution in [3.05, 3.63) is 65.2 Å². The highest BCUT2D eigenvalue weighted by atomic mass is 19.4. The summed E-state index contributed by atoms with van der Waals surface area (Å²) in [6.45, 7) is 3.57. The maximum absolute atomic E-state index is 13.5. The zero-order valence-corrected chi connectivity index (χ0v) is 22.2. The summed E-state index contributed by atoms with van der Waals surface area (Å²) in [6, 6.07) is 10.7. The number of hydrazine groups is 1. The van der Waals surface area contributed by atoms with Gasteiger partial charge in [0.1, 0.15) is 18.0 Å². The Hall–Kier alpha value is -3.80. The number of hydrogen-bond donors (Lipinski definition) is 1. The lowest BCUT2D eigenvalue weighted by atomic mass is 9.95. The summed E-state index contributed by atoms with van der Waals surface area (Å²) in [7, 11) is 3.17. The number of ether oxygens (including phenoxy) is 1. The summed E-state index contributed by atoms with van der Waals surface area (Å²) < 4.78 is 45.0. The molecule has 2 aromatic rings. The molecule has 0 aliphatic carbocycles. The second-order valence-corrected chi connectivity index (χ2v) is 10.1. The van der Waals surface area contributed by atoms with Crippen LogP contribution < -0.4 is 10.1 Å². The summed E-state index contributed by atoms with van der Waals surface area (Å²) in [6.07, 6.45) is -5.35. The second kappa shape index (κ2) is 11.1. The number of nitrogens with zero attached hydrogens (tertiary/aromatic N) is 4. The van der Waals surface area contributed by atoms with Crippen LogP contribution in [-0.4, -0.2) is 77.1 Å². The van der Waals surface area contributed by atoms with Crippen LogP contribution in [0.15, 0.2) is 48.5 Å². The molecule has 1 N–H and O–H groups in total. The number of alkyl halides is 3. The molecule has 0 saturated carbocycles. The molecule has 9 nitrogen and oxygen atoms in total. The molecule has 2 saturated heterocycles. The predicted molar refractivity (Wildman–Crippen MR) is 136 cm³/mol. The second-order valence-electron chi connectivity index (χ2n) is 10.1. The van der Waals surface area contributed by atoms with Gasteiger partial charge in [-0.3, -0.25) is 9.59 Å². The van der Waals surface area contributed by atoms with Crippen LogP contribution in [0.1, 0.15) is 30.5 Å². The quantitative estimate of drug-likeness (QED) is 0.600. The number of carbonyl (C=O) groups is 3. The van der Waals surface area contributed by atoms with Crippen molar-refractivity contribution in [1.29, 1.82) is 0 Å². The molecule has 2 atom stereocenters. The predicted octanol–water partition coefficient (Wildman–Crippen LogP) is 3.31. The van der Waals surface area contributed by atoms with Crippen LogP contribution in [0.5, 0.6) is 5.75 Å². The van der Waals surface area contributed by atoms with Crippen LogP contribution in [0.25, 0.3) is 0 Å². The summed E-state index contributed by atoms with van der Waals surface area (Å²) >= 11 is 0. The van der Waals surface area contributed by atoms with Gasteiger partial charge < -0.3 is 19.9 Å². The monoisotopic (exact) mass is 547 g/mol. The average molecular weight is 548 g/mol. The number of fused-ring (bicyclic) bond motifs is 1. The lowest BCUT2D eigenvalue weighted by Gasteiger charge is -2.55. The third-order valence-corrected chi connectivity index (χ3v) is 6.94. The number of methoxy groups -OCH3 is 1. The minimum Gasteiger partial charge on any atom is -0.497 e. The molecule has 2 aliphatic rings. The van der Waals surface area contributed by atoms with Gasteiger partial charge in [-0.25, -0.2) is 14.8 Å². The summed E-state index contributed by atoms with van der Waals surface area (Å²) in [5.41, 5.74) is 0.334. The number of amides is 4. The molecule has 2 aliphatic heterocycles. The van der Waals surface area contributed by atoms with Crippen LogP contribution in [-0.2, 0) is 28.9 Å². The van der Waals surface area contributed by atoms with Gasteiger partial charge in [-0.2, -0.15) is 13.2 Å². The summed E-state index contributed by atoms with van der Waals surface area (Å²) in [5, 5.41) is 5.78. The molecule has 0 aromatic heterocycles. The Labute approximate surface area is 225 Å². The Balaban J connectivity index is 1.59. The third kappa shape index (κ3) is 5.95. The molecular weight excluding hydrogens is 515 g/mol. The first-order valence-electron chi connectivity index (χ1n) is 12.6. The van der Waals surface area contributed by atoms with Gasteiger partial charge in [0.2, 0.25) is 11.8 Å². The van der Waals surface area contributed by atoms with E-state index in [1.54, 1.807) is 40.1 Å². The maximum Gasteiger partial charge on any atom is 0.416 e. The standard InChI is InChI=1S/C27H32F3N5O4/c1-17(2)24-25(37)33(14-19-6-5-7-20(12-19)27(28,29)30)15-22-34(24)23(36)16-32(3)35(22)26(38)31-13-18-8-10-21(39-4)11-9-18/h5-12,17,22,24H,13-16H2,1-4H3,(H,31,38)/t22-,24-/m0/s1. The van der Waals surface area contributed by atoms with E-state index in [2.05, 4.69) is 5.32 Å². The van der Waals surface area contributed by atoms with Crippen LogP contribution in [0, 0.1) is 5.92 Å². The van der Waals surface area contributed by atoms with E-state index in [9.17, 15) is 27.6 Å². The number of urea groups is 1. The molecule has 0 bridgehead atoms. The minimum atomic E-state index is -4.52. The van der Waals surface area contributed by atoms with Gasteiger partial charge in [0, 0.05) is 20.1 Å². The number of benzene rings is 2. The Morgan fingerprint density at radius 3 is 2.41 bits per heavy atom. The molecule has 2 heterocycles. The fourth-order valence-corrected chi connectivity index (χ4v) is 5.07. The largest absolute Gasteiger partial charge is 0.497 e. The van der Waals surface area contributed by atoms with E-state index in [-0.39, 0.29) is 43.9 Å². The molecular formula is C27H32F3N5O4. The van der Waals surface area contributed by atoms with E-state index in [4.69, 9.17) is 4.74 Å². The minimum absolute atomic E-state index is 0.0513. The number of rotatable bonds is 6. The number of halogens is 3. The first-order chi connectivity index (χ1) is 18.4. The molecule has 0 radical (unpaired) electrons. The zero-order chi connectivity index (χ0) is 28.5. The van der Waals surface area contributed by atoms with Crippen molar-refractivity contribution >= 4 is 17.8 Å². The number of piperazine rings is 1. The SMILES string of the molecule is COc1ccc(CNC(=O)N2[C@H]3CN(Cc4cccc(C(F)(F)F)c4)C(=O)[C@H](C(C)C)N3C(=O)CN2C)cc1. The van der Waals surface area contributed by atoms with Crippen molar-refractivity contribution in [3.63, 3.8) is 0 Å². The molecule has 0 spiro atoms. The Morgan fingerprint density at radius 2 is 1.79 bits per heavy atom. The lowest BCUT2D eigenvalue weighted by molar-refractivity contribution is -0.190. The highest BCUT2D eigenvalue weighted by molar-refractivity contribution is 5.91. The molecule has 4 rings (SSSR count). The molecule has 39 heavy (non-hydrogen) atoms. The number of likely N-dealkylation sites (N-methyl/N-ethyl adjacent to an activating group) is 1. The zero-order valence-electron chi connectivity index (χ0n) is 22.2. The molecule has 210 valence electrons. The van der Waals surface area contributed by atoms with E-state index in [0.717, 1.165) is 17.7 Å². The van der Waals surface area contributed by atoms with Gasteiger partial charge in [0.25, 0.3) is 0 Å².